The Morgan fingerprint density at radius 2 is 1.93 bits per heavy atom. The van der Waals surface area contributed by atoms with Crippen LogP contribution in [0.5, 0.6) is 0 Å². The molecule has 0 saturated carbocycles. The molecule has 82 valence electrons. The number of ketones is 1. The van der Waals surface area contributed by atoms with E-state index in [0.29, 0.717) is 5.56 Å². The summed E-state index contributed by atoms with van der Waals surface area (Å²) in [6.45, 7) is 1.57. The van der Waals surface area contributed by atoms with Gasteiger partial charge in [0.25, 0.3) is 0 Å². The molecule has 0 N–H and O–H groups in total. The maximum absolute atomic E-state index is 13.0. The number of rotatable bonds is 2. The Morgan fingerprint density at radius 3 is 2.47 bits per heavy atom. The molecule has 0 fully saturated rings. The first kappa shape index (κ1) is 11.7. The molecule has 0 aliphatic rings. The van der Waals surface area contributed by atoms with Crippen LogP contribution in [0.25, 0.3) is 0 Å². The predicted molar refractivity (Wildman–Crippen MR) is 46.1 cm³/mol. The lowest BCUT2D eigenvalue weighted by Crippen LogP contribution is -2.16. The molecule has 0 heterocycles. The van der Waals surface area contributed by atoms with Gasteiger partial charge in [0.05, 0.1) is 5.56 Å². The van der Waals surface area contributed by atoms with Gasteiger partial charge in [0.1, 0.15) is 12.2 Å². The van der Waals surface area contributed by atoms with Crippen molar-refractivity contribution in [2.45, 2.75) is 19.5 Å². The van der Waals surface area contributed by atoms with Crippen LogP contribution in [0.3, 0.4) is 0 Å². The maximum atomic E-state index is 13.0. The van der Waals surface area contributed by atoms with Crippen molar-refractivity contribution < 1.29 is 22.4 Å². The van der Waals surface area contributed by atoms with Crippen molar-refractivity contribution >= 4 is 5.78 Å². The van der Waals surface area contributed by atoms with Crippen LogP contribution in [0.15, 0.2) is 18.2 Å². The SMILES string of the molecule is Cc1ccc(F)c(C(=O)CC(F)(F)F)c1. The van der Waals surface area contributed by atoms with E-state index in [-0.39, 0.29) is 0 Å². The molecule has 15 heavy (non-hydrogen) atoms. The highest BCUT2D eigenvalue weighted by atomic mass is 19.4. The second-order valence-electron chi connectivity index (χ2n) is 3.20. The van der Waals surface area contributed by atoms with Crippen molar-refractivity contribution in [3.8, 4) is 0 Å². The maximum Gasteiger partial charge on any atom is 0.396 e. The van der Waals surface area contributed by atoms with Crippen LogP contribution in [-0.2, 0) is 0 Å². The fourth-order valence-corrected chi connectivity index (χ4v) is 1.13. The molecule has 0 radical (unpaired) electrons. The zero-order valence-corrected chi connectivity index (χ0v) is 7.86. The molecule has 1 rings (SSSR count). The smallest absolute Gasteiger partial charge is 0.294 e. The Morgan fingerprint density at radius 1 is 1.33 bits per heavy atom. The number of alkyl halides is 3. The predicted octanol–water partition coefficient (Wildman–Crippen LogP) is 3.27. The lowest BCUT2D eigenvalue weighted by atomic mass is 10.0. The van der Waals surface area contributed by atoms with E-state index < -0.39 is 29.8 Å². The summed E-state index contributed by atoms with van der Waals surface area (Å²) in [5.41, 5.74) is 0.0363. The number of carbonyl (C=O) groups is 1. The number of hydrogen-bond donors (Lipinski definition) is 0. The summed E-state index contributed by atoms with van der Waals surface area (Å²) < 4.78 is 48.6. The van der Waals surface area contributed by atoms with Crippen LogP contribution in [0.2, 0.25) is 0 Å². The van der Waals surface area contributed by atoms with Gasteiger partial charge >= 0.3 is 6.18 Å². The highest BCUT2D eigenvalue weighted by Gasteiger charge is 2.32. The standard InChI is InChI=1S/C10H8F4O/c1-6-2-3-8(11)7(4-6)9(15)5-10(12,13)14/h2-4H,5H2,1H3. The minimum absolute atomic E-state index is 0.507. The van der Waals surface area contributed by atoms with Gasteiger partial charge in [-0.25, -0.2) is 4.39 Å². The normalized spacial score (nSPS) is 11.5. The van der Waals surface area contributed by atoms with Crippen molar-refractivity contribution in [1.29, 1.82) is 0 Å². The zero-order chi connectivity index (χ0) is 11.6. The molecule has 0 amide bonds. The van der Waals surface area contributed by atoms with E-state index in [1.807, 2.05) is 0 Å². The van der Waals surface area contributed by atoms with Crippen molar-refractivity contribution in [1.82, 2.24) is 0 Å². The first-order valence-electron chi connectivity index (χ1n) is 4.16. The van der Waals surface area contributed by atoms with Gasteiger partial charge in [-0.3, -0.25) is 4.79 Å². The number of halogens is 4. The van der Waals surface area contributed by atoms with Crippen molar-refractivity contribution in [2.75, 3.05) is 0 Å². The summed E-state index contributed by atoms with van der Waals surface area (Å²) in [6.07, 6.45) is -6.24. The molecular weight excluding hydrogens is 212 g/mol. The fourth-order valence-electron chi connectivity index (χ4n) is 1.13. The van der Waals surface area contributed by atoms with E-state index in [1.54, 1.807) is 6.92 Å². The summed E-state index contributed by atoms with van der Waals surface area (Å²) in [5, 5.41) is 0. The van der Waals surface area contributed by atoms with E-state index in [9.17, 15) is 22.4 Å². The molecule has 1 nitrogen and oxygen atoms in total. The first-order chi connectivity index (χ1) is 6.79. The van der Waals surface area contributed by atoms with Crippen molar-refractivity contribution in [3.05, 3.63) is 35.1 Å². The molecule has 0 spiro atoms. The topological polar surface area (TPSA) is 17.1 Å². The largest absolute Gasteiger partial charge is 0.396 e. The van der Waals surface area contributed by atoms with E-state index in [0.717, 1.165) is 12.1 Å². The highest BCUT2D eigenvalue weighted by Crippen LogP contribution is 2.23. The first-order valence-corrected chi connectivity index (χ1v) is 4.16. The molecule has 1 aromatic carbocycles. The van der Waals surface area contributed by atoms with Crippen LogP contribution in [-0.4, -0.2) is 12.0 Å². The van der Waals surface area contributed by atoms with E-state index in [2.05, 4.69) is 0 Å². The van der Waals surface area contributed by atoms with Gasteiger partial charge in [0, 0.05) is 0 Å². The van der Waals surface area contributed by atoms with Crippen LogP contribution in [0.4, 0.5) is 17.6 Å². The highest BCUT2D eigenvalue weighted by molar-refractivity contribution is 5.96. The number of benzene rings is 1. The van der Waals surface area contributed by atoms with Crippen molar-refractivity contribution in [3.63, 3.8) is 0 Å². The number of hydrogen-bond acceptors (Lipinski definition) is 1. The van der Waals surface area contributed by atoms with Gasteiger partial charge in [-0.05, 0) is 19.1 Å². The van der Waals surface area contributed by atoms with Crippen molar-refractivity contribution in [2.24, 2.45) is 0 Å². The third-order valence-corrected chi connectivity index (χ3v) is 1.78. The summed E-state index contributed by atoms with van der Waals surface area (Å²) in [6, 6.07) is 3.49. The van der Waals surface area contributed by atoms with Gasteiger partial charge in [0.15, 0.2) is 5.78 Å². The number of Topliss-reactive ketones (excluding diaryl/α,β-unsaturated/α-hetero) is 1. The van der Waals surface area contributed by atoms with E-state index in [1.165, 1.54) is 6.07 Å². The minimum atomic E-state index is -4.60. The van der Waals surface area contributed by atoms with Gasteiger partial charge in [-0.1, -0.05) is 11.6 Å². The number of carbonyl (C=O) groups excluding carboxylic acids is 1. The molecule has 0 atom stereocenters. The van der Waals surface area contributed by atoms with Gasteiger partial charge in [-0.15, -0.1) is 0 Å². The quantitative estimate of drug-likeness (QED) is 0.552. The third kappa shape index (κ3) is 3.34. The fraction of sp³-hybridized carbons (Fsp3) is 0.300. The number of aryl methyl sites for hydroxylation is 1. The summed E-state index contributed by atoms with van der Waals surface area (Å²) in [7, 11) is 0. The Bertz CT molecular complexity index is 381. The molecule has 0 aromatic heterocycles. The molecule has 0 bridgehead atoms. The zero-order valence-electron chi connectivity index (χ0n) is 7.86. The Labute approximate surface area is 83.7 Å². The van der Waals surface area contributed by atoms with E-state index >= 15 is 0 Å². The van der Waals surface area contributed by atoms with E-state index in [4.69, 9.17) is 0 Å². The second kappa shape index (κ2) is 4.00. The van der Waals surface area contributed by atoms with Crippen LogP contribution < -0.4 is 0 Å². The third-order valence-electron chi connectivity index (χ3n) is 1.78. The molecule has 5 heteroatoms. The average molecular weight is 220 g/mol. The average Bonchev–Trinajstić information content (AvgIpc) is 2.06. The molecule has 0 aliphatic heterocycles. The lowest BCUT2D eigenvalue weighted by Gasteiger charge is -2.06. The minimum Gasteiger partial charge on any atom is -0.294 e. The van der Waals surface area contributed by atoms with Crippen LogP contribution in [0, 0.1) is 12.7 Å². The lowest BCUT2D eigenvalue weighted by molar-refractivity contribution is -0.125. The van der Waals surface area contributed by atoms with Gasteiger partial charge in [0.2, 0.25) is 0 Å². The Balaban J connectivity index is 2.96. The molecule has 0 saturated heterocycles. The molecule has 1 aromatic rings. The Hall–Kier alpha value is -1.39. The molecule has 0 unspecified atom stereocenters. The second-order valence-corrected chi connectivity index (χ2v) is 3.20. The summed E-state index contributed by atoms with van der Waals surface area (Å²) in [4.78, 5) is 11.1. The van der Waals surface area contributed by atoms with Gasteiger partial charge < -0.3 is 0 Å². The van der Waals surface area contributed by atoms with Crippen LogP contribution >= 0.6 is 0 Å². The van der Waals surface area contributed by atoms with Gasteiger partial charge in [-0.2, -0.15) is 13.2 Å². The monoisotopic (exact) mass is 220 g/mol. The molecule has 0 aliphatic carbocycles. The Kier molecular flexibility index (Phi) is 3.12. The summed E-state index contributed by atoms with van der Waals surface area (Å²) in [5.74, 6) is -2.17. The molecular formula is C10H8F4O. The summed E-state index contributed by atoms with van der Waals surface area (Å²) >= 11 is 0. The van der Waals surface area contributed by atoms with Crippen LogP contribution in [0.1, 0.15) is 22.3 Å².